The lowest BCUT2D eigenvalue weighted by atomic mass is 10.2. The van der Waals surface area contributed by atoms with Gasteiger partial charge in [-0.25, -0.2) is 13.9 Å². The minimum absolute atomic E-state index is 0.0785. The average Bonchev–Trinajstić information content (AvgIpc) is 3.34. The van der Waals surface area contributed by atoms with Crippen LogP contribution in [0, 0.1) is 5.82 Å². The molecule has 0 saturated carbocycles. The number of amides is 1. The average molecular weight is 431 g/mol. The summed E-state index contributed by atoms with van der Waals surface area (Å²) in [4.78, 5) is 13.6. The van der Waals surface area contributed by atoms with Crippen LogP contribution in [0.4, 0.5) is 14.9 Å². The molecule has 3 aromatic rings. The lowest BCUT2D eigenvalue weighted by Crippen LogP contribution is -2.35. The number of aromatic nitrogens is 3. The molecule has 0 bridgehead atoms. The first-order chi connectivity index (χ1) is 14.6. The van der Waals surface area contributed by atoms with E-state index in [-0.39, 0.29) is 37.2 Å². The van der Waals surface area contributed by atoms with Gasteiger partial charge in [0.05, 0.1) is 30.9 Å². The van der Waals surface area contributed by atoms with E-state index in [0.717, 1.165) is 0 Å². The molecule has 1 aliphatic rings. The first kappa shape index (κ1) is 20.0. The minimum Gasteiger partial charge on any atom is -0.469 e. The highest BCUT2D eigenvalue weighted by Crippen LogP contribution is 2.26. The Morgan fingerprint density at radius 3 is 3.00 bits per heavy atom. The number of rotatable bonds is 6. The highest BCUT2D eigenvalue weighted by molar-refractivity contribution is 7.80. The van der Waals surface area contributed by atoms with E-state index in [1.807, 2.05) is 12.1 Å². The standard InChI is InChI=1S/C19H18FN5O4S/c20-14-9-12(5-6-16(14)25-17-4-2-1-3-15(17)22-23-25)24-11-13(29-19(24)27)10-21-18(30)28-8-7-26/h1-6,9,13,26H,7-8,10-11H2,(H,21,30)/t13-/m0/s1. The molecule has 0 unspecified atom stereocenters. The third-order valence-corrected chi connectivity index (χ3v) is 4.76. The molecule has 2 aromatic carbocycles. The van der Waals surface area contributed by atoms with Crippen LogP contribution in [-0.4, -0.2) is 63.8 Å². The largest absolute Gasteiger partial charge is 0.469 e. The van der Waals surface area contributed by atoms with Crippen LogP contribution < -0.4 is 10.2 Å². The summed E-state index contributed by atoms with van der Waals surface area (Å²) in [6, 6.07) is 11.7. The number of aliphatic hydroxyl groups is 1. The van der Waals surface area contributed by atoms with Gasteiger partial charge in [-0.15, -0.1) is 5.10 Å². The lowest BCUT2D eigenvalue weighted by Gasteiger charge is -2.15. The van der Waals surface area contributed by atoms with Gasteiger partial charge in [-0.2, -0.15) is 0 Å². The van der Waals surface area contributed by atoms with Crippen molar-refractivity contribution in [1.82, 2.24) is 20.3 Å². The van der Waals surface area contributed by atoms with Crippen molar-refractivity contribution in [2.24, 2.45) is 0 Å². The maximum absolute atomic E-state index is 14.9. The molecule has 0 spiro atoms. The van der Waals surface area contributed by atoms with Gasteiger partial charge in [0.25, 0.3) is 5.17 Å². The molecule has 11 heteroatoms. The Kier molecular flexibility index (Phi) is 5.72. The van der Waals surface area contributed by atoms with Gasteiger partial charge in [0, 0.05) is 0 Å². The van der Waals surface area contributed by atoms with Crippen LogP contribution in [0.1, 0.15) is 0 Å². The molecule has 1 aliphatic heterocycles. The molecular weight excluding hydrogens is 413 g/mol. The molecule has 0 radical (unpaired) electrons. The van der Waals surface area contributed by atoms with E-state index in [0.29, 0.717) is 16.7 Å². The number of anilines is 1. The second-order valence-corrected chi connectivity index (χ2v) is 6.85. The number of para-hydroxylation sites is 1. The van der Waals surface area contributed by atoms with Crippen LogP contribution in [0.15, 0.2) is 42.5 Å². The molecule has 0 aliphatic carbocycles. The van der Waals surface area contributed by atoms with E-state index in [1.165, 1.54) is 15.6 Å². The number of aliphatic hydroxyl groups excluding tert-OH is 1. The van der Waals surface area contributed by atoms with Gasteiger partial charge < -0.3 is 19.9 Å². The maximum Gasteiger partial charge on any atom is 0.414 e. The molecule has 1 aromatic heterocycles. The minimum atomic E-state index is -0.581. The number of carbonyl (C=O) groups is 1. The van der Waals surface area contributed by atoms with Gasteiger partial charge in [-0.3, -0.25) is 4.90 Å². The van der Waals surface area contributed by atoms with E-state index in [9.17, 15) is 9.18 Å². The zero-order valence-electron chi connectivity index (χ0n) is 15.7. The Bertz CT molecular complexity index is 1090. The summed E-state index contributed by atoms with van der Waals surface area (Å²) in [7, 11) is 0. The summed E-state index contributed by atoms with van der Waals surface area (Å²) in [5, 5.41) is 19.7. The van der Waals surface area contributed by atoms with Crippen molar-refractivity contribution in [2.75, 3.05) is 31.2 Å². The van der Waals surface area contributed by atoms with Crippen LogP contribution in [0.25, 0.3) is 16.7 Å². The number of fused-ring (bicyclic) bond motifs is 1. The van der Waals surface area contributed by atoms with Gasteiger partial charge in [0.15, 0.2) is 5.82 Å². The Balaban J connectivity index is 1.46. The third kappa shape index (κ3) is 4.02. The third-order valence-electron chi connectivity index (χ3n) is 4.50. The molecule has 4 rings (SSSR count). The van der Waals surface area contributed by atoms with Gasteiger partial charge in [-0.1, -0.05) is 17.3 Å². The van der Waals surface area contributed by atoms with Crippen LogP contribution >= 0.6 is 12.2 Å². The van der Waals surface area contributed by atoms with Crippen LogP contribution in [0.5, 0.6) is 0 Å². The topological polar surface area (TPSA) is 102 Å². The lowest BCUT2D eigenvalue weighted by molar-refractivity contribution is 0.140. The number of thiocarbonyl (C=S) groups is 1. The van der Waals surface area contributed by atoms with Crippen molar-refractivity contribution in [2.45, 2.75) is 6.10 Å². The molecule has 1 atom stereocenters. The summed E-state index contributed by atoms with van der Waals surface area (Å²) in [5.74, 6) is -0.545. The molecule has 1 fully saturated rings. The van der Waals surface area contributed by atoms with E-state index >= 15 is 0 Å². The zero-order chi connectivity index (χ0) is 21.1. The Morgan fingerprint density at radius 2 is 2.20 bits per heavy atom. The molecule has 9 nitrogen and oxygen atoms in total. The number of benzene rings is 2. The van der Waals surface area contributed by atoms with E-state index < -0.39 is 18.0 Å². The number of halogens is 1. The fraction of sp³-hybridized carbons (Fsp3) is 0.263. The smallest absolute Gasteiger partial charge is 0.414 e. The van der Waals surface area contributed by atoms with Crippen LogP contribution in [0.2, 0.25) is 0 Å². The van der Waals surface area contributed by atoms with Crippen molar-refractivity contribution in [3.63, 3.8) is 0 Å². The van der Waals surface area contributed by atoms with Crippen molar-refractivity contribution >= 4 is 40.2 Å². The van der Waals surface area contributed by atoms with Gasteiger partial charge >= 0.3 is 6.09 Å². The van der Waals surface area contributed by atoms with Gasteiger partial charge in [0.2, 0.25) is 0 Å². The van der Waals surface area contributed by atoms with Crippen molar-refractivity contribution in [1.29, 1.82) is 0 Å². The molecule has 30 heavy (non-hydrogen) atoms. The molecule has 2 N–H and O–H groups in total. The number of ether oxygens (including phenoxy) is 2. The molecule has 2 heterocycles. The Hall–Kier alpha value is -3.31. The van der Waals surface area contributed by atoms with E-state index in [1.54, 1.807) is 24.3 Å². The highest BCUT2D eigenvalue weighted by atomic mass is 32.1. The summed E-state index contributed by atoms with van der Waals surface area (Å²) in [6.07, 6.45) is -1.07. The normalized spacial score (nSPS) is 16.0. The molecule has 156 valence electrons. The Labute approximate surface area is 176 Å². The first-order valence-electron chi connectivity index (χ1n) is 9.17. The van der Waals surface area contributed by atoms with Crippen molar-refractivity contribution in [3.8, 4) is 5.69 Å². The predicted molar refractivity (Wildman–Crippen MR) is 110 cm³/mol. The number of carbonyl (C=O) groups excluding carboxylic acids is 1. The monoisotopic (exact) mass is 431 g/mol. The number of hydrogen-bond donors (Lipinski definition) is 2. The van der Waals surface area contributed by atoms with Gasteiger partial charge in [0.1, 0.15) is 23.9 Å². The van der Waals surface area contributed by atoms with Crippen LogP contribution in [0.3, 0.4) is 0 Å². The second-order valence-electron chi connectivity index (χ2n) is 6.48. The first-order valence-corrected chi connectivity index (χ1v) is 9.57. The predicted octanol–water partition coefficient (Wildman–Crippen LogP) is 1.77. The summed E-state index contributed by atoms with van der Waals surface area (Å²) >= 11 is 4.95. The number of nitrogens with one attached hydrogen (secondary N) is 1. The van der Waals surface area contributed by atoms with E-state index in [2.05, 4.69) is 15.6 Å². The summed E-state index contributed by atoms with van der Waals surface area (Å²) in [5.41, 5.74) is 1.92. The quantitative estimate of drug-likeness (QED) is 0.570. The van der Waals surface area contributed by atoms with Gasteiger partial charge in [-0.05, 0) is 42.5 Å². The fourth-order valence-electron chi connectivity index (χ4n) is 3.11. The van der Waals surface area contributed by atoms with E-state index in [4.69, 9.17) is 26.8 Å². The summed E-state index contributed by atoms with van der Waals surface area (Å²) < 4.78 is 26.6. The fourth-order valence-corrected chi connectivity index (χ4v) is 3.27. The molecule has 1 saturated heterocycles. The van der Waals surface area contributed by atoms with Crippen LogP contribution in [-0.2, 0) is 9.47 Å². The van der Waals surface area contributed by atoms with Crippen molar-refractivity contribution < 1.29 is 23.8 Å². The van der Waals surface area contributed by atoms with Crippen molar-refractivity contribution in [3.05, 3.63) is 48.3 Å². The highest BCUT2D eigenvalue weighted by Gasteiger charge is 2.33. The molecular formula is C19H18FN5O4S. The number of hydrogen-bond acceptors (Lipinski definition) is 7. The SMILES string of the molecule is O=C1O[C@@H](CNC(=S)OCCO)CN1c1ccc(-n2nnc3ccccc32)c(F)c1. The number of cyclic esters (lactones) is 1. The maximum atomic E-state index is 14.9. The summed E-state index contributed by atoms with van der Waals surface area (Å²) in [6.45, 7) is 0.382. The second kappa shape index (κ2) is 8.59. The Morgan fingerprint density at radius 1 is 1.37 bits per heavy atom. The molecule has 1 amide bonds. The zero-order valence-corrected chi connectivity index (χ0v) is 16.5. The number of nitrogens with zero attached hydrogens (tertiary/aromatic N) is 4.